The first-order valence-electron chi connectivity index (χ1n) is 20.8. The minimum atomic E-state index is -4.85. The van der Waals surface area contributed by atoms with Crippen LogP contribution in [0.15, 0.2) is 102 Å². The Bertz CT molecular complexity index is 2310. The highest BCUT2D eigenvalue weighted by molar-refractivity contribution is 7.51. The Kier molecular flexibility index (Phi) is 17.7. The summed E-state index contributed by atoms with van der Waals surface area (Å²) in [6, 6.07) is 27.0. The van der Waals surface area contributed by atoms with E-state index in [4.69, 9.17) is 42.2 Å². The number of methoxy groups -OCH3 is 3. The molecule has 5 rings (SSSR count). The molecule has 1 aliphatic heterocycles. The Labute approximate surface area is 381 Å². The quantitative estimate of drug-likeness (QED) is 0.0314. The van der Waals surface area contributed by atoms with Crippen molar-refractivity contribution in [2.45, 2.75) is 63.8 Å². The number of hydrogen-bond donors (Lipinski definition) is 3. The number of benzene rings is 3. The molecule has 0 amide bonds. The third kappa shape index (κ3) is 11.5. The summed E-state index contributed by atoms with van der Waals surface area (Å²) in [5.41, 5.74) is -1.88. The van der Waals surface area contributed by atoms with Gasteiger partial charge in [0.15, 0.2) is 6.23 Å². The number of carbonyl (C=O) groups is 4. The van der Waals surface area contributed by atoms with Crippen molar-refractivity contribution in [3.05, 3.63) is 124 Å². The van der Waals surface area contributed by atoms with Gasteiger partial charge in [0, 0.05) is 20.2 Å². The third-order valence-electron chi connectivity index (χ3n) is 10.6. The Morgan fingerprint density at radius 3 is 1.91 bits per heavy atom. The average molecular weight is 939 g/mol. The molecule has 0 spiro atoms. The Morgan fingerprint density at radius 2 is 1.41 bits per heavy atom. The average Bonchev–Trinajstić information content (AvgIpc) is 3.64. The molecule has 20 nitrogen and oxygen atoms in total. The number of nitrogens with zero attached hydrogens (tertiary/aromatic N) is 2. The van der Waals surface area contributed by atoms with Gasteiger partial charge in [0.2, 0.25) is 5.41 Å². The molecule has 1 fully saturated rings. The van der Waals surface area contributed by atoms with Crippen molar-refractivity contribution < 1.29 is 71.1 Å². The van der Waals surface area contributed by atoms with Crippen molar-refractivity contribution >= 4 is 37.4 Å². The van der Waals surface area contributed by atoms with Crippen molar-refractivity contribution in [1.82, 2.24) is 14.6 Å². The summed E-state index contributed by atoms with van der Waals surface area (Å²) in [6.07, 6.45) is -4.02. The van der Waals surface area contributed by atoms with Crippen molar-refractivity contribution in [1.29, 1.82) is 0 Å². The van der Waals surface area contributed by atoms with Crippen molar-refractivity contribution in [2.24, 2.45) is 5.41 Å². The van der Waals surface area contributed by atoms with Gasteiger partial charge in [0.05, 0.1) is 40.6 Å². The molecule has 2 unspecified atom stereocenters. The summed E-state index contributed by atoms with van der Waals surface area (Å²) in [7, 11) is -0.915. The fraction of sp³-hybridized carbons (Fsp3) is 0.422. The first-order valence-corrected chi connectivity index (χ1v) is 22.4. The Balaban J connectivity index is 1.45. The molecule has 21 heteroatoms. The van der Waals surface area contributed by atoms with Crippen LogP contribution in [0.2, 0.25) is 0 Å². The van der Waals surface area contributed by atoms with Crippen molar-refractivity contribution in [2.75, 3.05) is 59.7 Å². The zero-order chi connectivity index (χ0) is 48.1. The first kappa shape index (κ1) is 51.0. The molecule has 6 atom stereocenters. The monoisotopic (exact) mass is 938 g/mol. The SMILES string of the molecule is CCOC(=O)C(COC(C)=O)(COP(=O)(N[C@@H](C)C(=O)OC)OC[C@H]1O[C@@H](n2ccc(NC(c3ccccc3)(c3ccccc3)c3ccc(OC)cc3)nc2=O)[C@@H](OC)C1O)C(=O)OCC. The van der Waals surface area contributed by atoms with Crippen LogP contribution in [0.1, 0.15) is 50.6 Å². The third-order valence-corrected chi connectivity index (χ3v) is 12.3. The molecule has 1 aromatic heterocycles. The van der Waals surface area contributed by atoms with Gasteiger partial charge >= 0.3 is 37.3 Å². The van der Waals surface area contributed by atoms with Crippen LogP contribution in [-0.4, -0.2) is 117 Å². The molecule has 1 aliphatic rings. The van der Waals surface area contributed by atoms with E-state index in [1.807, 2.05) is 84.9 Å². The van der Waals surface area contributed by atoms with E-state index in [9.17, 15) is 33.6 Å². The maximum Gasteiger partial charge on any atom is 0.406 e. The fourth-order valence-electron chi connectivity index (χ4n) is 7.21. The minimum absolute atomic E-state index is 0.187. The number of hydrogen-bond acceptors (Lipinski definition) is 18. The lowest BCUT2D eigenvalue weighted by Gasteiger charge is -2.37. The van der Waals surface area contributed by atoms with E-state index < -0.39 is 98.7 Å². The predicted octanol–water partition coefficient (Wildman–Crippen LogP) is 3.90. The van der Waals surface area contributed by atoms with Gasteiger partial charge in [-0.1, -0.05) is 72.8 Å². The topological polar surface area (TPSA) is 248 Å². The normalized spacial score (nSPS) is 18.6. The second-order valence-corrected chi connectivity index (χ2v) is 16.6. The maximum absolute atomic E-state index is 14.5. The molecule has 66 heavy (non-hydrogen) atoms. The van der Waals surface area contributed by atoms with Gasteiger partial charge in [0.25, 0.3) is 0 Å². The van der Waals surface area contributed by atoms with E-state index in [0.29, 0.717) is 5.75 Å². The molecule has 0 bridgehead atoms. The van der Waals surface area contributed by atoms with E-state index in [1.54, 1.807) is 13.2 Å². The number of aliphatic hydroxyl groups excluding tert-OH is 1. The number of carbonyl (C=O) groups excluding carboxylic acids is 4. The highest BCUT2D eigenvalue weighted by Crippen LogP contribution is 2.48. The molecular weight excluding hydrogens is 883 g/mol. The van der Waals surface area contributed by atoms with Crippen LogP contribution in [0.25, 0.3) is 0 Å². The van der Waals surface area contributed by atoms with Crippen molar-refractivity contribution in [3.8, 4) is 5.75 Å². The zero-order valence-electron chi connectivity index (χ0n) is 37.6. The van der Waals surface area contributed by atoms with Crippen LogP contribution in [0.5, 0.6) is 5.75 Å². The van der Waals surface area contributed by atoms with E-state index >= 15 is 0 Å². The first-order chi connectivity index (χ1) is 31.6. The van der Waals surface area contributed by atoms with Crippen LogP contribution in [0, 0.1) is 5.41 Å². The molecular formula is C45H55N4O16P. The molecule has 2 heterocycles. The van der Waals surface area contributed by atoms with E-state index in [1.165, 1.54) is 34.1 Å². The highest BCUT2D eigenvalue weighted by atomic mass is 31.2. The molecule has 3 aromatic carbocycles. The lowest BCUT2D eigenvalue weighted by Crippen LogP contribution is -2.50. The van der Waals surface area contributed by atoms with Gasteiger partial charge in [0.1, 0.15) is 48.1 Å². The van der Waals surface area contributed by atoms with Crippen LogP contribution in [0.4, 0.5) is 5.82 Å². The van der Waals surface area contributed by atoms with Crippen LogP contribution in [-0.2, 0) is 66.8 Å². The number of aliphatic hydroxyl groups is 1. The largest absolute Gasteiger partial charge is 0.497 e. The molecule has 4 aromatic rings. The molecule has 3 N–H and O–H groups in total. The van der Waals surface area contributed by atoms with E-state index in [-0.39, 0.29) is 19.0 Å². The Hall–Kier alpha value is -5.99. The van der Waals surface area contributed by atoms with Crippen LogP contribution >= 0.6 is 7.75 Å². The summed E-state index contributed by atoms with van der Waals surface area (Å²) in [5, 5.41) is 17.4. The van der Waals surface area contributed by atoms with Gasteiger partial charge < -0.3 is 43.6 Å². The summed E-state index contributed by atoms with van der Waals surface area (Å²) in [5.74, 6) is -3.41. The maximum atomic E-state index is 14.5. The van der Waals surface area contributed by atoms with Gasteiger partial charge in [-0.2, -0.15) is 4.98 Å². The van der Waals surface area contributed by atoms with Crippen LogP contribution < -0.4 is 20.8 Å². The Morgan fingerprint density at radius 1 is 0.833 bits per heavy atom. The number of ether oxygens (including phenoxy) is 7. The van der Waals surface area contributed by atoms with Crippen molar-refractivity contribution in [3.63, 3.8) is 0 Å². The molecule has 0 saturated carbocycles. The number of rotatable bonds is 23. The van der Waals surface area contributed by atoms with E-state index in [2.05, 4.69) is 15.4 Å². The lowest BCUT2D eigenvalue weighted by atomic mass is 9.77. The predicted molar refractivity (Wildman–Crippen MR) is 235 cm³/mol. The second-order valence-electron chi connectivity index (χ2n) is 14.8. The minimum Gasteiger partial charge on any atom is -0.497 e. The molecule has 1 saturated heterocycles. The summed E-state index contributed by atoms with van der Waals surface area (Å²) in [6.45, 7) is 2.01. The number of aromatic nitrogens is 2. The van der Waals surface area contributed by atoms with Gasteiger partial charge in [-0.05, 0) is 55.7 Å². The lowest BCUT2D eigenvalue weighted by molar-refractivity contribution is -0.181. The standard InChI is InChI=1S/C45H55N4O16P/c1-8-60-41(53)44(27-62-30(4)50,42(54)61-9-2)28-64-66(56,48-29(3)40(52)59-7)63-26-35-37(51)38(58-6)39(65-35)49-25-24-36(46-43(49)55)47-45(31-16-12-10-13-17-31,32-18-14-11-15-19-32)33-20-22-34(57-5)23-21-33/h10-25,29,35,37-39,51H,8-9,26-28H2,1-7H3,(H,48,56)(H,46,47,55)/t29-,35+,37?,38-,39+,66?/m0/s1. The number of nitrogens with one attached hydrogen (secondary N) is 2. The second kappa shape index (κ2) is 23.0. The summed E-state index contributed by atoms with van der Waals surface area (Å²) < 4.78 is 64.1. The molecule has 0 radical (unpaired) electrons. The fourth-order valence-corrected chi connectivity index (χ4v) is 8.74. The van der Waals surface area contributed by atoms with Crippen LogP contribution in [0.3, 0.4) is 0 Å². The molecule has 0 aliphatic carbocycles. The van der Waals surface area contributed by atoms with E-state index in [0.717, 1.165) is 35.3 Å². The summed E-state index contributed by atoms with van der Waals surface area (Å²) in [4.78, 5) is 69.4. The van der Waals surface area contributed by atoms with Gasteiger partial charge in [-0.25, -0.2) is 14.4 Å². The number of esters is 4. The number of anilines is 1. The highest BCUT2D eigenvalue weighted by Gasteiger charge is 2.53. The summed E-state index contributed by atoms with van der Waals surface area (Å²) >= 11 is 0. The van der Waals surface area contributed by atoms with Gasteiger partial charge in [-0.3, -0.25) is 32.8 Å². The smallest absolute Gasteiger partial charge is 0.406 e. The van der Waals surface area contributed by atoms with Gasteiger partial charge in [-0.15, -0.1) is 0 Å². The zero-order valence-corrected chi connectivity index (χ0v) is 38.5. The molecule has 356 valence electrons.